The van der Waals surface area contributed by atoms with E-state index in [0.717, 1.165) is 29.9 Å². The number of hydrogen-bond acceptors (Lipinski definition) is 3. The molecule has 1 atom stereocenters. The first-order chi connectivity index (χ1) is 8.06. The van der Waals surface area contributed by atoms with Crippen LogP contribution in [-0.4, -0.2) is 28.7 Å². The fourth-order valence-corrected chi connectivity index (χ4v) is 2.89. The van der Waals surface area contributed by atoms with Gasteiger partial charge >= 0.3 is 0 Å². The number of aldehydes is 1. The van der Waals surface area contributed by atoms with E-state index in [9.17, 15) is 4.79 Å². The van der Waals surface area contributed by atoms with Crippen molar-refractivity contribution >= 4 is 12.1 Å². The second-order valence-electron chi connectivity index (χ2n) is 5.21. The molecule has 4 nitrogen and oxygen atoms in total. The van der Waals surface area contributed by atoms with Crippen LogP contribution in [0.1, 0.15) is 42.7 Å². The van der Waals surface area contributed by atoms with Gasteiger partial charge in [-0.2, -0.15) is 5.10 Å². The molecule has 0 aromatic carbocycles. The van der Waals surface area contributed by atoms with Crippen LogP contribution in [0.15, 0.2) is 0 Å². The highest BCUT2D eigenvalue weighted by atomic mass is 16.1. The Kier molecular flexibility index (Phi) is 3.22. The minimum absolute atomic E-state index is 0.531. The Hall–Kier alpha value is -1.32. The summed E-state index contributed by atoms with van der Waals surface area (Å²) in [5.74, 6) is 1.60. The van der Waals surface area contributed by atoms with E-state index in [1.54, 1.807) is 0 Å². The zero-order chi connectivity index (χ0) is 12.6. The molecule has 0 saturated carbocycles. The first-order valence-corrected chi connectivity index (χ1v) is 6.31. The monoisotopic (exact) mass is 235 g/mol. The summed E-state index contributed by atoms with van der Waals surface area (Å²) in [7, 11) is 1.92. The average molecular weight is 235 g/mol. The van der Waals surface area contributed by atoms with Gasteiger partial charge in [0.05, 0.1) is 11.3 Å². The Labute approximate surface area is 103 Å². The molecule has 0 N–H and O–H groups in total. The van der Waals surface area contributed by atoms with Crippen LogP contribution < -0.4 is 4.90 Å². The fraction of sp³-hybridized carbons (Fsp3) is 0.692. The molecule has 1 unspecified atom stereocenters. The molecule has 0 aliphatic carbocycles. The van der Waals surface area contributed by atoms with Crippen LogP contribution in [0.25, 0.3) is 0 Å². The molecule has 1 saturated heterocycles. The lowest BCUT2D eigenvalue weighted by Crippen LogP contribution is -2.35. The smallest absolute Gasteiger partial charge is 0.155 e. The SMILES string of the molecule is Cc1nn(C)c(N2CCCC2C(C)C)c1C=O. The number of carbonyl (C=O) groups is 1. The Balaban J connectivity index is 2.42. The average Bonchev–Trinajstić information content (AvgIpc) is 2.81. The highest BCUT2D eigenvalue weighted by molar-refractivity contribution is 5.85. The fourth-order valence-electron chi connectivity index (χ4n) is 2.89. The van der Waals surface area contributed by atoms with Crippen LogP contribution in [0.5, 0.6) is 0 Å². The summed E-state index contributed by atoms with van der Waals surface area (Å²) in [6, 6.07) is 0.531. The van der Waals surface area contributed by atoms with E-state index in [4.69, 9.17) is 0 Å². The van der Waals surface area contributed by atoms with Crippen LogP contribution in [0.4, 0.5) is 5.82 Å². The lowest BCUT2D eigenvalue weighted by atomic mass is 10.0. The summed E-state index contributed by atoms with van der Waals surface area (Å²) in [5, 5.41) is 4.36. The molecule has 0 amide bonds. The summed E-state index contributed by atoms with van der Waals surface area (Å²) in [6.45, 7) is 7.41. The molecule has 0 bridgehead atoms. The largest absolute Gasteiger partial charge is 0.353 e. The minimum Gasteiger partial charge on any atom is -0.353 e. The molecule has 1 fully saturated rings. The molecule has 1 aromatic rings. The van der Waals surface area contributed by atoms with Crippen LogP contribution in [-0.2, 0) is 7.05 Å². The topological polar surface area (TPSA) is 38.1 Å². The summed E-state index contributed by atoms with van der Waals surface area (Å²) in [4.78, 5) is 13.6. The van der Waals surface area contributed by atoms with Gasteiger partial charge in [0.2, 0.25) is 0 Å². The molecule has 1 aromatic heterocycles. The summed E-state index contributed by atoms with van der Waals surface area (Å²) in [6.07, 6.45) is 3.35. The van der Waals surface area contributed by atoms with Crippen molar-refractivity contribution in [1.82, 2.24) is 9.78 Å². The number of aryl methyl sites for hydroxylation is 2. The molecule has 0 spiro atoms. The quantitative estimate of drug-likeness (QED) is 0.754. The number of aromatic nitrogens is 2. The van der Waals surface area contributed by atoms with Crippen molar-refractivity contribution in [2.75, 3.05) is 11.4 Å². The maximum Gasteiger partial charge on any atom is 0.155 e. The Morgan fingerprint density at radius 3 is 2.76 bits per heavy atom. The van der Waals surface area contributed by atoms with Gasteiger partial charge in [0, 0.05) is 19.6 Å². The predicted octanol–water partition coefficient (Wildman–Crippen LogP) is 2.17. The normalized spacial score (nSPS) is 20.3. The van der Waals surface area contributed by atoms with Gasteiger partial charge in [-0.1, -0.05) is 13.8 Å². The summed E-state index contributed by atoms with van der Waals surface area (Å²) >= 11 is 0. The lowest BCUT2D eigenvalue weighted by molar-refractivity contribution is 0.112. The van der Waals surface area contributed by atoms with E-state index in [2.05, 4.69) is 23.8 Å². The third kappa shape index (κ3) is 1.96. The second kappa shape index (κ2) is 4.51. The highest BCUT2D eigenvalue weighted by Crippen LogP contribution is 2.32. The van der Waals surface area contributed by atoms with Gasteiger partial charge in [0.15, 0.2) is 6.29 Å². The van der Waals surface area contributed by atoms with Crippen molar-refractivity contribution in [3.8, 4) is 0 Å². The highest BCUT2D eigenvalue weighted by Gasteiger charge is 2.31. The van der Waals surface area contributed by atoms with Gasteiger partial charge in [-0.15, -0.1) is 0 Å². The molecule has 4 heteroatoms. The molecule has 0 radical (unpaired) electrons. The third-order valence-corrected chi connectivity index (χ3v) is 3.70. The number of nitrogens with zero attached hydrogens (tertiary/aromatic N) is 3. The number of hydrogen-bond donors (Lipinski definition) is 0. The van der Waals surface area contributed by atoms with Gasteiger partial charge in [0.1, 0.15) is 5.82 Å². The van der Waals surface area contributed by atoms with Crippen LogP contribution in [0, 0.1) is 12.8 Å². The standard InChI is InChI=1S/C13H21N3O/c1-9(2)12-6-5-7-16(12)13-11(8-17)10(3)14-15(13)4/h8-9,12H,5-7H2,1-4H3. The predicted molar refractivity (Wildman–Crippen MR) is 68.5 cm³/mol. The lowest BCUT2D eigenvalue weighted by Gasteiger charge is -2.29. The molecule has 94 valence electrons. The van der Waals surface area contributed by atoms with Gasteiger partial charge in [-0.3, -0.25) is 9.48 Å². The van der Waals surface area contributed by atoms with E-state index < -0.39 is 0 Å². The molecule has 1 aliphatic heterocycles. The van der Waals surface area contributed by atoms with Crippen molar-refractivity contribution in [3.63, 3.8) is 0 Å². The van der Waals surface area contributed by atoms with E-state index in [1.807, 2.05) is 18.7 Å². The third-order valence-electron chi connectivity index (χ3n) is 3.70. The van der Waals surface area contributed by atoms with Crippen molar-refractivity contribution in [1.29, 1.82) is 0 Å². The number of anilines is 1. The number of rotatable bonds is 3. The second-order valence-corrected chi connectivity index (χ2v) is 5.21. The van der Waals surface area contributed by atoms with E-state index in [-0.39, 0.29) is 0 Å². The Bertz CT molecular complexity index is 423. The molecule has 2 rings (SSSR count). The summed E-state index contributed by atoms with van der Waals surface area (Å²) in [5.41, 5.74) is 1.58. The molecule has 2 heterocycles. The van der Waals surface area contributed by atoms with Crippen LogP contribution in [0.3, 0.4) is 0 Å². The Morgan fingerprint density at radius 2 is 2.18 bits per heavy atom. The summed E-state index contributed by atoms with van der Waals surface area (Å²) < 4.78 is 1.85. The van der Waals surface area contributed by atoms with E-state index >= 15 is 0 Å². The molecule has 17 heavy (non-hydrogen) atoms. The molecule has 1 aliphatic rings. The van der Waals surface area contributed by atoms with Gasteiger partial charge in [0.25, 0.3) is 0 Å². The van der Waals surface area contributed by atoms with Crippen LogP contribution >= 0.6 is 0 Å². The molecular formula is C13H21N3O. The van der Waals surface area contributed by atoms with Gasteiger partial charge < -0.3 is 4.90 Å². The van der Waals surface area contributed by atoms with E-state index in [0.29, 0.717) is 12.0 Å². The first-order valence-electron chi connectivity index (χ1n) is 6.31. The Morgan fingerprint density at radius 1 is 1.47 bits per heavy atom. The van der Waals surface area contributed by atoms with E-state index in [1.165, 1.54) is 12.8 Å². The van der Waals surface area contributed by atoms with Gasteiger partial charge in [-0.05, 0) is 25.7 Å². The maximum absolute atomic E-state index is 11.2. The van der Waals surface area contributed by atoms with Crippen LogP contribution in [0.2, 0.25) is 0 Å². The molecular weight excluding hydrogens is 214 g/mol. The van der Waals surface area contributed by atoms with Crippen molar-refractivity contribution in [2.24, 2.45) is 13.0 Å². The van der Waals surface area contributed by atoms with Crippen molar-refractivity contribution < 1.29 is 4.79 Å². The minimum atomic E-state index is 0.531. The van der Waals surface area contributed by atoms with Crippen molar-refractivity contribution in [3.05, 3.63) is 11.3 Å². The zero-order valence-electron chi connectivity index (χ0n) is 11.1. The first kappa shape index (κ1) is 12.1. The maximum atomic E-state index is 11.2. The van der Waals surface area contributed by atoms with Crippen molar-refractivity contribution in [2.45, 2.75) is 39.7 Å². The number of carbonyl (C=O) groups excluding carboxylic acids is 1. The van der Waals surface area contributed by atoms with Gasteiger partial charge in [-0.25, -0.2) is 0 Å². The zero-order valence-corrected chi connectivity index (χ0v) is 11.1.